The predicted molar refractivity (Wildman–Crippen MR) is 98.3 cm³/mol. The molecule has 4 atom stereocenters. The standard InChI is InChI=1S/C19H34O4Si/c1-18(2,3)24(5,6)23-15-9-7-8-14-12-17(20)22-16(14)13-19(4,21)11-10-15/h7-8,14-16,21H,9-13H2,1-6H3/b8-7-/t14-,15+,16-,19+/m1/s1. The summed E-state index contributed by atoms with van der Waals surface area (Å²) < 4.78 is 12.0. The molecule has 2 rings (SSSR count). The summed E-state index contributed by atoms with van der Waals surface area (Å²) in [6, 6.07) is 0. The molecule has 0 saturated carbocycles. The quantitative estimate of drug-likeness (QED) is 0.459. The van der Waals surface area contributed by atoms with Crippen molar-refractivity contribution in [2.45, 2.75) is 95.7 Å². The first-order valence-electron chi connectivity index (χ1n) is 9.16. The molecule has 0 unspecified atom stereocenters. The summed E-state index contributed by atoms with van der Waals surface area (Å²) in [6.45, 7) is 13.1. The molecule has 1 aliphatic carbocycles. The summed E-state index contributed by atoms with van der Waals surface area (Å²) in [6.07, 6.45) is 7.43. The molecule has 0 aromatic heterocycles. The lowest BCUT2D eigenvalue weighted by molar-refractivity contribution is -0.143. The summed E-state index contributed by atoms with van der Waals surface area (Å²) in [4.78, 5) is 11.6. The minimum absolute atomic E-state index is 0.0793. The maximum atomic E-state index is 11.6. The van der Waals surface area contributed by atoms with Gasteiger partial charge in [0.25, 0.3) is 0 Å². The molecule has 5 heteroatoms. The zero-order chi connectivity index (χ0) is 18.2. The van der Waals surface area contributed by atoms with Gasteiger partial charge in [-0.05, 0) is 44.3 Å². The van der Waals surface area contributed by atoms with Crippen molar-refractivity contribution in [3.8, 4) is 0 Å². The van der Waals surface area contributed by atoms with Crippen LogP contribution in [0.2, 0.25) is 18.1 Å². The van der Waals surface area contributed by atoms with Gasteiger partial charge in [-0.2, -0.15) is 0 Å². The van der Waals surface area contributed by atoms with Gasteiger partial charge >= 0.3 is 5.97 Å². The van der Waals surface area contributed by atoms with Crippen LogP contribution in [0.4, 0.5) is 0 Å². The number of carbonyl (C=O) groups excluding carboxylic acids is 1. The van der Waals surface area contributed by atoms with Gasteiger partial charge in [-0.25, -0.2) is 0 Å². The highest BCUT2D eigenvalue weighted by atomic mass is 28.4. The van der Waals surface area contributed by atoms with Gasteiger partial charge in [0.1, 0.15) is 6.10 Å². The van der Waals surface area contributed by atoms with Crippen molar-refractivity contribution in [2.24, 2.45) is 5.92 Å². The van der Waals surface area contributed by atoms with Crippen LogP contribution < -0.4 is 0 Å². The van der Waals surface area contributed by atoms with Crippen molar-refractivity contribution in [3.05, 3.63) is 12.2 Å². The Morgan fingerprint density at radius 3 is 2.67 bits per heavy atom. The third-order valence-corrected chi connectivity index (χ3v) is 10.4. The van der Waals surface area contributed by atoms with Crippen molar-refractivity contribution in [1.82, 2.24) is 0 Å². The van der Waals surface area contributed by atoms with Gasteiger partial charge in [-0.1, -0.05) is 32.9 Å². The van der Waals surface area contributed by atoms with Crippen LogP contribution in [0.15, 0.2) is 12.2 Å². The second-order valence-corrected chi connectivity index (χ2v) is 14.1. The molecule has 0 aromatic rings. The van der Waals surface area contributed by atoms with E-state index in [1.165, 1.54) is 0 Å². The Hall–Kier alpha value is -0.653. The van der Waals surface area contributed by atoms with E-state index >= 15 is 0 Å². The third-order valence-electron chi connectivity index (χ3n) is 5.86. The van der Waals surface area contributed by atoms with E-state index in [2.05, 4.69) is 46.0 Å². The van der Waals surface area contributed by atoms with Crippen LogP contribution in [0.1, 0.15) is 59.8 Å². The van der Waals surface area contributed by atoms with E-state index < -0.39 is 13.9 Å². The van der Waals surface area contributed by atoms with E-state index in [-0.39, 0.29) is 29.1 Å². The van der Waals surface area contributed by atoms with Crippen LogP contribution in [0.3, 0.4) is 0 Å². The Kier molecular flexibility index (Phi) is 5.68. The van der Waals surface area contributed by atoms with Crippen LogP contribution in [0.25, 0.3) is 0 Å². The van der Waals surface area contributed by atoms with Crippen molar-refractivity contribution < 1.29 is 19.1 Å². The summed E-state index contributed by atoms with van der Waals surface area (Å²) >= 11 is 0. The maximum Gasteiger partial charge on any atom is 0.306 e. The second kappa shape index (κ2) is 6.93. The summed E-state index contributed by atoms with van der Waals surface area (Å²) in [5.41, 5.74) is -0.826. The SMILES string of the molecule is CC(C)(C)[Si](C)(C)O[C@H]1C/C=C\[C@@H]2CC(=O)O[C@@H]2C[C@@](C)(O)CC1. The van der Waals surface area contributed by atoms with Crippen LogP contribution in [0, 0.1) is 5.92 Å². The molecule has 1 saturated heterocycles. The first kappa shape index (κ1) is 19.7. The number of hydrogen-bond acceptors (Lipinski definition) is 4. The highest BCUT2D eigenvalue weighted by Crippen LogP contribution is 2.39. The molecule has 0 amide bonds. The van der Waals surface area contributed by atoms with Crippen LogP contribution >= 0.6 is 0 Å². The molecule has 2 aliphatic rings. The third kappa shape index (κ3) is 4.93. The Labute approximate surface area is 147 Å². The lowest BCUT2D eigenvalue weighted by Crippen LogP contribution is -2.44. The molecular weight excluding hydrogens is 320 g/mol. The van der Waals surface area contributed by atoms with E-state index in [0.717, 1.165) is 12.8 Å². The largest absolute Gasteiger partial charge is 0.462 e. The average Bonchev–Trinajstić information content (AvgIpc) is 2.73. The Bertz CT molecular complexity index is 490. The number of rotatable bonds is 2. The molecule has 24 heavy (non-hydrogen) atoms. The molecule has 1 aliphatic heterocycles. The van der Waals surface area contributed by atoms with Gasteiger partial charge in [-0.15, -0.1) is 0 Å². The minimum Gasteiger partial charge on any atom is -0.462 e. The monoisotopic (exact) mass is 354 g/mol. The molecule has 1 N–H and O–H groups in total. The molecule has 0 bridgehead atoms. The number of carbonyl (C=O) groups is 1. The second-order valence-electron chi connectivity index (χ2n) is 9.30. The van der Waals surface area contributed by atoms with E-state index in [9.17, 15) is 9.90 Å². The van der Waals surface area contributed by atoms with Crippen molar-refractivity contribution >= 4 is 14.3 Å². The highest BCUT2D eigenvalue weighted by Gasteiger charge is 2.41. The number of esters is 1. The molecule has 0 aromatic carbocycles. The minimum atomic E-state index is -1.84. The summed E-state index contributed by atoms with van der Waals surface area (Å²) in [5, 5.41) is 10.9. The lowest BCUT2D eigenvalue weighted by atomic mass is 9.85. The molecule has 1 heterocycles. The fraction of sp³-hybridized carbons (Fsp3) is 0.842. The fourth-order valence-electron chi connectivity index (χ4n) is 3.24. The molecule has 1 fully saturated rings. The van der Waals surface area contributed by atoms with E-state index in [1.807, 2.05) is 6.92 Å². The number of fused-ring (bicyclic) bond motifs is 1. The van der Waals surface area contributed by atoms with E-state index in [1.54, 1.807) is 0 Å². The van der Waals surface area contributed by atoms with Crippen LogP contribution in [0.5, 0.6) is 0 Å². The Morgan fingerprint density at radius 2 is 2.04 bits per heavy atom. The molecule has 0 spiro atoms. The van der Waals surface area contributed by atoms with Gasteiger partial charge in [0.2, 0.25) is 0 Å². The number of aliphatic hydroxyl groups is 1. The van der Waals surface area contributed by atoms with Gasteiger partial charge in [0.05, 0.1) is 12.0 Å². The highest BCUT2D eigenvalue weighted by molar-refractivity contribution is 6.74. The first-order valence-corrected chi connectivity index (χ1v) is 12.1. The lowest BCUT2D eigenvalue weighted by Gasteiger charge is -2.40. The smallest absolute Gasteiger partial charge is 0.306 e. The zero-order valence-corrected chi connectivity index (χ0v) is 17.1. The molecule has 138 valence electrons. The fourth-order valence-corrected chi connectivity index (χ4v) is 4.65. The maximum absolute atomic E-state index is 11.6. The van der Waals surface area contributed by atoms with E-state index in [0.29, 0.717) is 19.3 Å². The topological polar surface area (TPSA) is 55.8 Å². The van der Waals surface area contributed by atoms with Gasteiger partial charge in [-0.3, -0.25) is 4.79 Å². The van der Waals surface area contributed by atoms with Crippen LogP contribution in [-0.4, -0.2) is 37.2 Å². The first-order chi connectivity index (χ1) is 10.9. The van der Waals surface area contributed by atoms with Gasteiger partial charge < -0.3 is 14.3 Å². The molecular formula is C19H34O4Si. The average molecular weight is 355 g/mol. The summed E-state index contributed by atoms with van der Waals surface area (Å²) in [5.74, 6) is -0.0747. The predicted octanol–water partition coefficient (Wildman–Crippen LogP) is 4.19. The van der Waals surface area contributed by atoms with Crippen molar-refractivity contribution in [3.63, 3.8) is 0 Å². The zero-order valence-electron chi connectivity index (χ0n) is 16.1. The van der Waals surface area contributed by atoms with Crippen molar-refractivity contribution in [1.29, 1.82) is 0 Å². The Morgan fingerprint density at radius 1 is 1.38 bits per heavy atom. The normalized spacial score (nSPS) is 36.8. The molecule has 0 radical (unpaired) electrons. The number of hydrogen-bond donors (Lipinski definition) is 1. The van der Waals surface area contributed by atoms with E-state index in [4.69, 9.17) is 9.16 Å². The van der Waals surface area contributed by atoms with Crippen molar-refractivity contribution in [2.75, 3.05) is 0 Å². The Balaban J connectivity index is 2.13. The van der Waals surface area contributed by atoms with Gasteiger partial charge in [0.15, 0.2) is 8.32 Å². The molecule has 4 nitrogen and oxygen atoms in total. The summed E-state index contributed by atoms with van der Waals surface area (Å²) in [7, 11) is -1.84. The van der Waals surface area contributed by atoms with Gasteiger partial charge in [0, 0.05) is 18.4 Å². The number of ether oxygens (including phenoxy) is 1. The van der Waals surface area contributed by atoms with Crippen LogP contribution in [-0.2, 0) is 14.0 Å².